The Morgan fingerprint density at radius 3 is 1.80 bits per heavy atom. The second-order valence-corrected chi connectivity index (χ2v) is 13.9. The zero-order valence-electron chi connectivity index (χ0n) is 26.5. The van der Waals surface area contributed by atoms with Crippen molar-refractivity contribution in [2.24, 2.45) is 23.7 Å². The van der Waals surface area contributed by atoms with Crippen molar-refractivity contribution in [3.05, 3.63) is 41.0 Å². The Balaban J connectivity index is 1.32. The highest BCUT2D eigenvalue weighted by atomic mass is 32.1. The van der Waals surface area contributed by atoms with Gasteiger partial charge in [-0.15, -0.1) is 11.3 Å². The molecule has 0 radical (unpaired) electrons. The van der Waals surface area contributed by atoms with E-state index in [0.29, 0.717) is 83.9 Å². The first-order valence-electron chi connectivity index (χ1n) is 15.9. The number of aromatic nitrogens is 1. The second kappa shape index (κ2) is 12.5. The number of rotatable bonds is 7. The van der Waals surface area contributed by atoms with Gasteiger partial charge in [0.25, 0.3) is 0 Å². The van der Waals surface area contributed by atoms with E-state index in [9.17, 15) is 19.2 Å². The zero-order chi connectivity index (χ0) is 32.0. The fourth-order valence-corrected chi connectivity index (χ4v) is 7.79. The standard InChI is InChI=1S/C36H39NO7S/c1-18-16-27-17-30(42-32(27)20(3)19(18)2)34-37-31-28(43-35(40)25-10-6-23(7-11-25)21(4)38)14-15-29(33(31)45-34)44-36(41)26-12-8-24(9-13-26)22(5)39/h14-17,23-26H,6-13H2,1-5H3. The Morgan fingerprint density at radius 1 is 0.733 bits per heavy atom. The summed E-state index contributed by atoms with van der Waals surface area (Å²) in [6.07, 6.45) is 5.15. The predicted octanol–water partition coefficient (Wildman–Crippen LogP) is 8.24. The lowest BCUT2D eigenvalue weighted by molar-refractivity contribution is -0.141. The van der Waals surface area contributed by atoms with Gasteiger partial charge in [0, 0.05) is 17.2 Å². The number of benzene rings is 2. The van der Waals surface area contributed by atoms with Gasteiger partial charge in [-0.3, -0.25) is 19.2 Å². The van der Waals surface area contributed by atoms with Crippen LogP contribution in [-0.2, 0) is 19.2 Å². The van der Waals surface area contributed by atoms with E-state index in [1.54, 1.807) is 26.0 Å². The molecule has 0 unspecified atom stereocenters. The Kier molecular flexibility index (Phi) is 8.66. The number of thiazole rings is 1. The Hall–Kier alpha value is -3.85. The quantitative estimate of drug-likeness (QED) is 0.148. The molecular weight excluding hydrogens is 590 g/mol. The average Bonchev–Trinajstić information content (AvgIpc) is 3.67. The monoisotopic (exact) mass is 629 g/mol. The summed E-state index contributed by atoms with van der Waals surface area (Å²) in [5.41, 5.74) is 4.64. The van der Waals surface area contributed by atoms with Gasteiger partial charge in [0.15, 0.2) is 22.3 Å². The van der Waals surface area contributed by atoms with Crippen LogP contribution in [0.5, 0.6) is 11.5 Å². The van der Waals surface area contributed by atoms with Crippen molar-refractivity contribution in [2.45, 2.75) is 86.0 Å². The number of hydrogen-bond donors (Lipinski definition) is 0. The fraction of sp³-hybridized carbons (Fsp3) is 0.472. The van der Waals surface area contributed by atoms with Crippen molar-refractivity contribution in [3.63, 3.8) is 0 Å². The third-order valence-electron chi connectivity index (χ3n) is 10.0. The molecule has 2 aromatic carbocycles. The van der Waals surface area contributed by atoms with E-state index in [-0.39, 0.29) is 47.2 Å². The van der Waals surface area contributed by atoms with Crippen molar-refractivity contribution in [3.8, 4) is 22.3 Å². The maximum Gasteiger partial charge on any atom is 0.314 e. The normalized spacial score (nSPS) is 22.0. The second-order valence-electron chi connectivity index (χ2n) is 12.9. The predicted molar refractivity (Wildman–Crippen MR) is 173 cm³/mol. The lowest BCUT2D eigenvalue weighted by Crippen LogP contribution is -2.28. The number of ketones is 2. The molecule has 0 atom stereocenters. The zero-order valence-corrected chi connectivity index (χ0v) is 27.3. The van der Waals surface area contributed by atoms with Crippen LogP contribution in [0.2, 0.25) is 0 Å². The number of aryl methyl sites for hydroxylation is 2. The molecule has 0 aliphatic heterocycles. The SMILES string of the molecule is CC(=O)C1CCC(C(=O)Oc2ccc(OC(=O)C3CCC(C(C)=O)CC3)c3sc(-c4cc5cc(C)c(C)c(C)c5o4)nc23)CC1. The number of ether oxygens (including phenoxy) is 2. The molecule has 2 fully saturated rings. The number of carbonyl (C=O) groups excluding carboxylic acids is 4. The molecule has 2 aliphatic rings. The maximum absolute atomic E-state index is 13.3. The van der Waals surface area contributed by atoms with Crippen molar-refractivity contribution >= 4 is 56.0 Å². The van der Waals surface area contributed by atoms with Gasteiger partial charge in [0.05, 0.1) is 11.8 Å². The lowest BCUT2D eigenvalue weighted by atomic mass is 9.80. The smallest absolute Gasteiger partial charge is 0.314 e. The Bertz CT molecular complexity index is 1730. The van der Waals surface area contributed by atoms with Crippen molar-refractivity contribution < 1.29 is 33.1 Å². The number of nitrogens with zero attached hydrogens (tertiary/aromatic N) is 1. The number of esters is 2. The van der Waals surface area contributed by atoms with Crippen LogP contribution in [0.3, 0.4) is 0 Å². The van der Waals surface area contributed by atoms with E-state index in [4.69, 9.17) is 18.9 Å². The van der Waals surface area contributed by atoms with Crippen LogP contribution in [0, 0.1) is 44.4 Å². The molecule has 9 heteroatoms. The highest BCUT2D eigenvalue weighted by molar-refractivity contribution is 7.22. The van der Waals surface area contributed by atoms with Crippen LogP contribution < -0.4 is 9.47 Å². The third-order valence-corrected chi connectivity index (χ3v) is 11.1. The van der Waals surface area contributed by atoms with E-state index in [0.717, 1.165) is 16.5 Å². The summed E-state index contributed by atoms with van der Waals surface area (Å²) in [5.74, 6) is 0.349. The number of furan rings is 1. The molecule has 0 saturated heterocycles. The van der Waals surface area contributed by atoms with Crippen molar-refractivity contribution in [1.29, 1.82) is 0 Å². The van der Waals surface area contributed by atoms with Crippen molar-refractivity contribution in [1.82, 2.24) is 4.98 Å². The summed E-state index contributed by atoms with van der Waals surface area (Å²) in [5, 5.41) is 1.56. The van der Waals surface area contributed by atoms with Crippen LogP contribution in [0.25, 0.3) is 32.0 Å². The van der Waals surface area contributed by atoms with Gasteiger partial charge in [-0.25, -0.2) is 4.98 Å². The van der Waals surface area contributed by atoms with E-state index >= 15 is 0 Å². The van der Waals surface area contributed by atoms with Gasteiger partial charge < -0.3 is 13.9 Å². The Labute approximate surface area is 266 Å². The van der Waals surface area contributed by atoms with Crippen molar-refractivity contribution in [2.75, 3.05) is 0 Å². The summed E-state index contributed by atoms with van der Waals surface area (Å²) in [4.78, 5) is 55.0. The van der Waals surface area contributed by atoms with Gasteiger partial charge in [0.2, 0.25) is 0 Å². The first-order chi connectivity index (χ1) is 21.5. The fourth-order valence-electron chi connectivity index (χ4n) is 6.80. The highest BCUT2D eigenvalue weighted by Crippen LogP contribution is 2.43. The molecule has 0 amide bonds. The van der Waals surface area contributed by atoms with E-state index < -0.39 is 0 Å². The molecule has 45 heavy (non-hydrogen) atoms. The summed E-state index contributed by atoms with van der Waals surface area (Å²) in [7, 11) is 0. The van der Waals surface area contributed by atoms with E-state index in [1.165, 1.54) is 22.5 Å². The minimum atomic E-state index is -0.342. The molecule has 0 N–H and O–H groups in total. The van der Waals surface area contributed by atoms with E-state index in [1.807, 2.05) is 13.0 Å². The first-order valence-corrected chi connectivity index (χ1v) is 16.7. The number of carbonyl (C=O) groups is 4. The van der Waals surface area contributed by atoms with Gasteiger partial charge >= 0.3 is 11.9 Å². The summed E-state index contributed by atoms with van der Waals surface area (Å²) in [6, 6.07) is 7.36. The number of hydrogen-bond acceptors (Lipinski definition) is 9. The average molecular weight is 630 g/mol. The summed E-state index contributed by atoms with van der Waals surface area (Å²) < 4.78 is 18.8. The lowest BCUT2D eigenvalue weighted by Gasteiger charge is -2.25. The molecule has 0 spiro atoms. The molecule has 2 aliphatic carbocycles. The van der Waals surface area contributed by atoms with Gasteiger partial charge in [-0.1, -0.05) is 0 Å². The topological polar surface area (TPSA) is 113 Å². The first kappa shape index (κ1) is 31.1. The number of Topliss-reactive ketones (excluding diaryl/α,β-unsaturated/α-hetero) is 2. The molecule has 8 nitrogen and oxygen atoms in total. The van der Waals surface area contributed by atoms with Crippen LogP contribution in [0.15, 0.2) is 28.7 Å². The molecule has 2 saturated carbocycles. The van der Waals surface area contributed by atoms with E-state index in [2.05, 4.69) is 19.9 Å². The minimum absolute atomic E-state index is 0.00774. The molecule has 2 aromatic heterocycles. The van der Waals surface area contributed by atoms with Crippen LogP contribution in [-0.4, -0.2) is 28.5 Å². The molecule has 236 valence electrons. The van der Waals surface area contributed by atoms with Crippen LogP contribution >= 0.6 is 11.3 Å². The molecule has 4 aromatic rings. The third kappa shape index (κ3) is 6.19. The minimum Gasteiger partial charge on any atom is -0.453 e. The largest absolute Gasteiger partial charge is 0.453 e. The van der Waals surface area contributed by atoms with Crippen LogP contribution in [0.4, 0.5) is 0 Å². The molecular formula is C36H39NO7S. The summed E-state index contributed by atoms with van der Waals surface area (Å²) in [6.45, 7) is 9.41. The molecule has 2 heterocycles. The van der Waals surface area contributed by atoms with Gasteiger partial charge in [0.1, 0.15) is 27.4 Å². The molecule has 0 bridgehead atoms. The summed E-state index contributed by atoms with van der Waals surface area (Å²) >= 11 is 1.32. The van der Waals surface area contributed by atoms with Gasteiger partial charge in [-0.2, -0.15) is 0 Å². The maximum atomic E-state index is 13.3. The highest BCUT2D eigenvalue weighted by Gasteiger charge is 2.32. The molecule has 6 rings (SSSR count). The number of fused-ring (bicyclic) bond motifs is 2. The Morgan fingerprint density at radius 2 is 1.24 bits per heavy atom. The van der Waals surface area contributed by atoms with Gasteiger partial charge in [-0.05, 0) is 127 Å². The van der Waals surface area contributed by atoms with Crippen LogP contribution in [0.1, 0.15) is 81.9 Å².